The molecule has 1 nitrogen and oxygen atoms in total. The Morgan fingerprint density at radius 3 is 1.37 bits per heavy atom. The van der Waals surface area contributed by atoms with Gasteiger partial charge in [-0.05, 0) is 163 Å². The quantitative estimate of drug-likeness (QED) is 0.124. The van der Waals surface area contributed by atoms with Gasteiger partial charge in [0.05, 0.1) is 5.41 Å². The second-order valence-corrected chi connectivity index (χ2v) is 19.0. The molecule has 0 atom stereocenters. The molecule has 0 bridgehead atoms. The molecule has 324 valence electrons. The van der Waals surface area contributed by atoms with Gasteiger partial charge in [0, 0.05) is 10.8 Å². The monoisotopic (exact) mass is 886 g/mol. The molecular weight excluding hydrogens is 845 g/mol. The Bertz CT molecular complexity index is 4360. The smallest absolute Gasteiger partial charge is 0.135 e. The highest BCUT2D eigenvalue weighted by Crippen LogP contribution is 2.61. The lowest BCUT2D eigenvalue weighted by atomic mass is 9.66. The summed E-state index contributed by atoms with van der Waals surface area (Å²) >= 11 is 0. The SMILES string of the molecule is c1ccc(C2(c3ccccc3)c3cc4cc(-c5cccc(-c6c7ccccc7c(-c7ccc8oc9ccccc9c8c7)c7ccccc67)c5)ccc4cc3-c3c2c2ccccc2c2ccccc32)cc1. The Labute approximate surface area is 405 Å². The maximum atomic E-state index is 6.27. The summed E-state index contributed by atoms with van der Waals surface area (Å²) in [5.74, 6) is 0. The van der Waals surface area contributed by atoms with Crippen LogP contribution in [0.4, 0.5) is 0 Å². The van der Waals surface area contributed by atoms with Crippen LogP contribution in [0.15, 0.2) is 259 Å². The average Bonchev–Trinajstić information content (AvgIpc) is 3.96. The fourth-order valence-corrected chi connectivity index (χ4v) is 12.6. The number of furan rings is 1. The van der Waals surface area contributed by atoms with Crippen molar-refractivity contribution in [3.05, 3.63) is 277 Å². The first-order valence-corrected chi connectivity index (χ1v) is 24.3. The van der Waals surface area contributed by atoms with Crippen molar-refractivity contribution in [1.82, 2.24) is 0 Å². The highest BCUT2D eigenvalue weighted by Gasteiger charge is 2.48. The van der Waals surface area contributed by atoms with E-state index in [1.807, 2.05) is 6.07 Å². The van der Waals surface area contributed by atoms with Gasteiger partial charge in [-0.3, -0.25) is 0 Å². The lowest BCUT2D eigenvalue weighted by molar-refractivity contribution is 0.669. The van der Waals surface area contributed by atoms with Crippen molar-refractivity contribution in [3.63, 3.8) is 0 Å². The summed E-state index contributed by atoms with van der Waals surface area (Å²) in [6.45, 7) is 0. The molecule has 1 aromatic heterocycles. The Morgan fingerprint density at radius 2 is 0.729 bits per heavy atom. The normalized spacial score (nSPS) is 13.0. The van der Waals surface area contributed by atoms with E-state index < -0.39 is 5.41 Å². The molecule has 0 aliphatic heterocycles. The van der Waals surface area contributed by atoms with Gasteiger partial charge in [-0.2, -0.15) is 0 Å². The Morgan fingerprint density at radius 1 is 0.257 bits per heavy atom. The third-order valence-electron chi connectivity index (χ3n) is 15.5. The second kappa shape index (κ2) is 15.0. The van der Waals surface area contributed by atoms with Crippen molar-refractivity contribution in [2.24, 2.45) is 0 Å². The maximum Gasteiger partial charge on any atom is 0.135 e. The molecule has 1 heteroatoms. The standard InChI is InChI=1S/C69H42O/c1-3-20-49(21-4-1)69(50-22-5-2-6-23-50)62-42-48-39-44(34-35-45(48)40-61(62)67-54-27-9-7-24-51(54)52-25-8-14-32-59(52)68(67)69)43-18-17-19-46(38-43)65-55-28-10-12-30-57(55)66(58-31-13-11-29-56(58)65)47-36-37-64-60(41-47)53-26-15-16-33-63(53)70-64/h1-42H. The molecule has 0 saturated carbocycles. The number of benzene rings is 13. The van der Waals surface area contributed by atoms with E-state index in [-0.39, 0.29) is 0 Å². The van der Waals surface area contributed by atoms with Crippen LogP contribution in [-0.4, -0.2) is 0 Å². The van der Waals surface area contributed by atoms with Crippen molar-refractivity contribution in [3.8, 4) is 44.5 Å². The zero-order chi connectivity index (χ0) is 45.9. The molecule has 0 fully saturated rings. The number of rotatable bonds is 5. The molecule has 0 radical (unpaired) electrons. The number of hydrogen-bond donors (Lipinski definition) is 0. The van der Waals surface area contributed by atoms with Gasteiger partial charge in [0.25, 0.3) is 0 Å². The molecule has 15 rings (SSSR count). The van der Waals surface area contributed by atoms with Crippen LogP contribution in [0.1, 0.15) is 22.3 Å². The number of fused-ring (bicyclic) bond motifs is 14. The van der Waals surface area contributed by atoms with Crippen molar-refractivity contribution in [2.45, 2.75) is 5.41 Å². The molecule has 70 heavy (non-hydrogen) atoms. The van der Waals surface area contributed by atoms with E-state index in [9.17, 15) is 0 Å². The van der Waals surface area contributed by atoms with E-state index in [4.69, 9.17) is 4.42 Å². The molecule has 0 saturated heterocycles. The van der Waals surface area contributed by atoms with E-state index in [0.29, 0.717) is 0 Å². The van der Waals surface area contributed by atoms with E-state index >= 15 is 0 Å². The highest BCUT2D eigenvalue weighted by molar-refractivity contribution is 6.23. The van der Waals surface area contributed by atoms with Gasteiger partial charge in [0.15, 0.2) is 0 Å². The van der Waals surface area contributed by atoms with Crippen molar-refractivity contribution < 1.29 is 4.42 Å². The molecule has 0 N–H and O–H groups in total. The van der Waals surface area contributed by atoms with Gasteiger partial charge in [0.1, 0.15) is 11.2 Å². The van der Waals surface area contributed by atoms with E-state index in [1.54, 1.807) is 0 Å². The van der Waals surface area contributed by atoms with Gasteiger partial charge in [-0.25, -0.2) is 0 Å². The average molecular weight is 887 g/mol. The fourth-order valence-electron chi connectivity index (χ4n) is 12.6. The van der Waals surface area contributed by atoms with Crippen LogP contribution in [0.3, 0.4) is 0 Å². The molecular formula is C69H42O. The molecule has 0 spiro atoms. The van der Waals surface area contributed by atoms with Crippen molar-refractivity contribution >= 4 is 75.8 Å². The molecule has 1 aliphatic rings. The summed E-state index contributed by atoms with van der Waals surface area (Å²) in [5.41, 5.74) is 16.3. The van der Waals surface area contributed by atoms with E-state index in [0.717, 1.165) is 21.9 Å². The lowest BCUT2D eigenvalue weighted by Gasteiger charge is -2.35. The summed E-state index contributed by atoms with van der Waals surface area (Å²) in [5, 5.41) is 14.8. The Hall–Kier alpha value is -9.04. The zero-order valence-corrected chi connectivity index (χ0v) is 38.2. The summed E-state index contributed by atoms with van der Waals surface area (Å²) in [7, 11) is 0. The third-order valence-corrected chi connectivity index (χ3v) is 15.5. The molecule has 13 aromatic carbocycles. The number of para-hydroxylation sites is 1. The molecule has 14 aromatic rings. The van der Waals surface area contributed by atoms with Crippen LogP contribution >= 0.6 is 0 Å². The topological polar surface area (TPSA) is 13.1 Å². The van der Waals surface area contributed by atoms with Crippen LogP contribution in [0.25, 0.3) is 120 Å². The van der Waals surface area contributed by atoms with Crippen molar-refractivity contribution in [2.75, 3.05) is 0 Å². The predicted molar refractivity (Wildman–Crippen MR) is 295 cm³/mol. The first-order chi connectivity index (χ1) is 34.7. The molecule has 0 amide bonds. The Kier molecular flexibility index (Phi) is 8.35. The fraction of sp³-hybridized carbons (Fsp3) is 0.0145. The van der Waals surface area contributed by atoms with Gasteiger partial charge >= 0.3 is 0 Å². The molecule has 1 heterocycles. The van der Waals surface area contributed by atoms with Crippen LogP contribution in [0, 0.1) is 0 Å². The zero-order valence-electron chi connectivity index (χ0n) is 38.2. The van der Waals surface area contributed by atoms with Crippen LogP contribution in [-0.2, 0) is 5.41 Å². The minimum atomic E-state index is -0.562. The summed E-state index contributed by atoms with van der Waals surface area (Å²) < 4.78 is 6.27. The van der Waals surface area contributed by atoms with E-state index in [2.05, 4.69) is 249 Å². The van der Waals surface area contributed by atoms with Crippen molar-refractivity contribution in [1.29, 1.82) is 0 Å². The first-order valence-electron chi connectivity index (χ1n) is 24.3. The lowest BCUT2D eigenvalue weighted by Crippen LogP contribution is -2.28. The first kappa shape index (κ1) is 39.0. The largest absolute Gasteiger partial charge is 0.456 e. The second-order valence-electron chi connectivity index (χ2n) is 19.0. The third kappa shape index (κ3) is 5.49. The van der Waals surface area contributed by atoms with Gasteiger partial charge in [0.2, 0.25) is 0 Å². The number of hydrogen-bond acceptors (Lipinski definition) is 1. The maximum absolute atomic E-state index is 6.27. The summed E-state index contributed by atoms with van der Waals surface area (Å²) in [6.07, 6.45) is 0. The molecule has 1 aliphatic carbocycles. The van der Waals surface area contributed by atoms with E-state index in [1.165, 1.54) is 121 Å². The van der Waals surface area contributed by atoms with Gasteiger partial charge < -0.3 is 4.42 Å². The van der Waals surface area contributed by atoms with Gasteiger partial charge in [-0.15, -0.1) is 0 Å². The van der Waals surface area contributed by atoms with Gasteiger partial charge in [-0.1, -0.05) is 212 Å². The van der Waals surface area contributed by atoms with Crippen LogP contribution < -0.4 is 0 Å². The highest BCUT2D eigenvalue weighted by atomic mass is 16.3. The minimum absolute atomic E-state index is 0.562. The Balaban J connectivity index is 0.938. The minimum Gasteiger partial charge on any atom is -0.456 e. The predicted octanol–water partition coefficient (Wildman–Crippen LogP) is 18.7. The van der Waals surface area contributed by atoms with Crippen LogP contribution in [0.2, 0.25) is 0 Å². The van der Waals surface area contributed by atoms with Crippen LogP contribution in [0.5, 0.6) is 0 Å². The summed E-state index contributed by atoms with van der Waals surface area (Å²) in [6, 6.07) is 94.6. The molecule has 0 unspecified atom stereocenters. The summed E-state index contributed by atoms with van der Waals surface area (Å²) in [4.78, 5) is 0.